The molecular weight excluding hydrogens is 629 g/mol. The average molecular weight is 664 g/mol. The van der Waals surface area contributed by atoms with Crippen LogP contribution < -0.4 is 0 Å². The number of carboxylic acid groups (broad SMARTS) is 1. The molecule has 5 rings (SSSR count). The number of aliphatic hydroxyl groups excluding tert-OH is 2. The number of hydrogen-bond acceptors (Lipinski definition) is 6. The number of ketones is 2. The van der Waals surface area contributed by atoms with Crippen LogP contribution in [0.5, 0.6) is 0 Å². The Morgan fingerprint density at radius 3 is 2.38 bits per heavy atom. The molecule has 0 aliphatic heterocycles. The normalized spacial score (nSPS) is 40.1. The van der Waals surface area contributed by atoms with Crippen molar-refractivity contribution in [3.63, 3.8) is 0 Å². The number of aliphatic hydroxyl groups is 3. The van der Waals surface area contributed by atoms with Crippen LogP contribution in [0, 0.1) is 32.2 Å². The fourth-order valence-corrected chi connectivity index (χ4v) is 8.51. The van der Waals surface area contributed by atoms with Gasteiger partial charge < -0.3 is 20.4 Å². The number of Topliss-reactive ketones (excluding diaryl/α,β-unsaturated/α-hetero) is 1. The number of benzene rings is 1. The fourth-order valence-electron chi connectivity index (χ4n) is 7.90. The number of aromatic carboxylic acids is 1. The zero-order valence-electron chi connectivity index (χ0n) is 21.7. The molecule has 0 unspecified atom stereocenters. The number of allylic oxidation sites excluding steroid dienone is 4. The molecule has 1 aromatic rings. The van der Waals surface area contributed by atoms with E-state index in [1.807, 2.05) is 28.7 Å². The Morgan fingerprint density at radius 2 is 1.82 bits per heavy atom. The number of rotatable bonds is 3. The molecule has 0 saturated heterocycles. The molecular formula is C29H35FINaO7. The van der Waals surface area contributed by atoms with Gasteiger partial charge in [-0.05, 0) is 91.3 Å². The van der Waals surface area contributed by atoms with Crippen molar-refractivity contribution in [1.82, 2.24) is 0 Å². The van der Waals surface area contributed by atoms with Crippen LogP contribution >= 0.6 is 22.6 Å². The van der Waals surface area contributed by atoms with Crippen molar-refractivity contribution < 1.29 is 39.2 Å². The van der Waals surface area contributed by atoms with E-state index in [-0.39, 0.29) is 47.7 Å². The van der Waals surface area contributed by atoms with Crippen molar-refractivity contribution in [2.24, 2.45) is 28.6 Å². The Kier molecular flexibility index (Phi) is 9.50. The third kappa shape index (κ3) is 4.73. The summed E-state index contributed by atoms with van der Waals surface area (Å²) in [5.41, 5.74) is -4.81. The zero-order chi connectivity index (χ0) is 28.3. The number of carbonyl (C=O) groups is 3. The number of alkyl halides is 1. The van der Waals surface area contributed by atoms with E-state index in [4.69, 9.17) is 5.11 Å². The first-order chi connectivity index (χ1) is 17.7. The first kappa shape index (κ1) is 32.6. The van der Waals surface area contributed by atoms with Crippen molar-refractivity contribution in [1.29, 1.82) is 0 Å². The van der Waals surface area contributed by atoms with E-state index in [9.17, 15) is 29.7 Å². The predicted octanol–water partition coefficient (Wildman–Crippen LogP) is 3.24. The summed E-state index contributed by atoms with van der Waals surface area (Å²) >= 11 is 1.99. The van der Waals surface area contributed by atoms with Gasteiger partial charge in [-0.2, -0.15) is 0 Å². The van der Waals surface area contributed by atoms with Crippen molar-refractivity contribution in [3.8, 4) is 0 Å². The molecule has 4 aliphatic rings. The van der Waals surface area contributed by atoms with Gasteiger partial charge in [-0.15, -0.1) is 0 Å². The topological polar surface area (TPSA) is 132 Å². The van der Waals surface area contributed by atoms with Crippen LogP contribution in [0.1, 0.15) is 56.8 Å². The van der Waals surface area contributed by atoms with E-state index in [0.717, 1.165) is 3.57 Å². The third-order valence-corrected chi connectivity index (χ3v) is 10.8. The SMILES string of the molecule is C[C@@H]1C[C@H]2[C@@H]3CCC4=CC(=O)C=C[C@]4(C)[C@@]3(F)[C@@H](O)C[C@]2(C)[C@@]1(O)C(=O)CO.O=C(O)c1ccccc1I.[NaH]. The van der Waals surface area contributed by atoms with Gasteiger partial charge in [0.2, 0.25) is 0 Å². The minimum atomic E-state index is -1.98. The summed E-state index contributed by atoms with van der Waals surface area (Å²) in [6.07, 6.45) is 4.44. The van der Waals surface area contributed by atoms with Crippen LogP contribution in [-0.2, 0) is 9.59 Å². The second kappa shape index (κ2) is 11.4. The first-order valence-electron chi connectivity index (χ1n) is 12.8. The summed E-state index contributed by atoms with van der Waals surface area (Å²) in [5, 5.41) is 40.5. The molecule has 3 saturated carbocycles. The average Bonchev–Trinajstić information content (AvgIpc) is 3.07. The van der Waals surface area contributed by atoms with E-state index in [1.54, 1.807) is 45.0 Å². The van der Waals surface area contributed by atoms with Crippen molar-refractivity contribution in [2.45, 2.75) is 63.8 Å². The molecule has 0 radical (unpaired) electrons. The molecule has 1 aromatic carbocycles. The Labute approximate surface area is 263 Å². The maximum absolute atomic E-state index is 16.9. The van der Waals surface area contributed by atoms with Crippen LogP contribution in [0.2, 0.25) is 0 Å². The first-order valence-corrected chi connectivity index (χ1v) is 13.9. The van der Waals surface area contributed by atoms with Crippen LogP contribution in [0.3, 0.4) is 0 Å². The van der Waals surface area contributed by atoms with Gasteiger partial charge in [-0.3, -0.25) is 9.59 Å². The second-order valence-corrected chi connectivity index (χ2v) is 12.7. The summed E-state index contributed by atoms with van der Waals surface area (Å²) in [4.78, 5) is 34.8. The molecule has 0 aromatic heterocycles. The standard InChI is InChI=1S/C22H29FO5.C7H5IO2.Na.H/c1-12-8-16-15-5-4-13-9-14(25)6-7-19(13,2)21(15,23)17(26)10-20(16,3)22(12,28)18(27)11-24;8-6-4-2-1-3-5(6)7(9)10;;/h6-7,9,12,15-17,24,26,28H,4-5,8,10-11H2,1-3H3;1-4H,(H,9,10);;/t12-,15+,16+,17+,19+,20+,21+,22+;;;/m1.../s1. The zero-order valence-corrected chi connectivity index (χ0v) is 23.8. The van der Waals surface area contributed by atoms with Crippen LogP contribution in [0.15, 0.2) is 48.1 Å². The van der Waals surface area contributed by atoms with Crippen LogP contribution in [0.25, 0.3) is 0 Å². The van der Waals surface area contributed by atoms with Gasteiger partial charge in [0.25, 0.3) is 0 Å². The van der Waals surface area contributed by atoms with E-state index in [0.29, 0.717) is 30.4 Å². The quantitative estimate of drug-likeness (QED) is 0.288. The van der Waals surface area contributed by atoms with Crippen molar-refractivity contribution >= 4 is 69.7 Å². The predicted molar refractivity (Wildman–Crippen MR) is 153 cm³/mol. The Hall–Kier alpha value is -0.950. The summed E-state index contributed by atoms with van der Waals surface area (Å²) in [6, 6.07) is 6.88. The summed E-state index contributed by atoms with van der Waals surface area (Å²) in [6.45, 7) is 4.48. The molecule has 0 heterocycles. The number of fused-ring (bicyclic) bond motifs is 5. The van der Waals surface area contributed by atoms with Crippen LogP contribution in [-0.4, -0.2) is 91.5 Å². The molecule has 208 valence electrons. The molecule has 7 nitrogen and oxygen atoms in total. The number of hydrogen-bond donors (Lipinski definition) is 4. The fraction of sp³-hybridized carbons (Fsp3) is 0.552. The molecule has 0 amide bonds. The molecule has 0 bridgehead atoms. The molecule has 0 spiro atoms. The van der Waals surface area contributed by atoms with Gasteiger partial charge in [-0.1, -0.05) is 37.6 Å². The number of carboxylic acids is 1. The van der Waals surface area contributed by atoms with E-state index < -0.39 is 58.4 Å². The monoisotopic (exact) mass is 664 g/mol. The molecule has 3 fully saturated rings. The Morgan fingerprint density at radius 1 is 1.18 bits per heavy atom. The van der Waals surface area contributed by atoms with Crippen molar-refractivity contribution in [3.05, 3.63) is 57.2 Å². The Bertz CT molecular complexity index is 1240. The van der Waals surface area contributed by atoms with E-state index in [2.05, 4.69) is 0 Å². The molecule has 10 heteroatoms. The van der Waals surface area contributed by atoms with Gasteiger partial charge in [0.15, 0.2) is 17.2 Å². The molecule has 4 aliphatic carbocycles. The minimum absolute atomic E-state index is 0. The maximum atomic E-state index is 16.9. The third-order valence-electron chi connectivity index (χ3n) is 9.90. The summed E-state index contributed by atoms with van der Waals surface area (Å²) < 4.78 is 17.6. The summed E-state index contributed by atoms with van der Waals surface area (Å²) in [5.74, 6) is -2.99. The van der Waals surface area contributed by atoms with Gasteiger partial charge >= 0.3 is 35.5 Å². The van der Waals surface area contributed by atoms with Crippen molar-refractivity contribution in [2.75, 3.05) is 6.61 Å². The summed E-state index contributed by atoms with van der Waals surface area (Å²) in [7, 11) is 0. The molecule has 4 N–H and O–H groups in total. The number of carbonyl (C=O) groups excluding carboxylic acids is 2. The second-order valence-electron chi connectivity index (χ2n) is 11.5. The van der Waals surface area contributed by atoms with Gasteiger partial charge in [0.1, 0.15) is 12.2 Å². The van der Waals surface area contributed by atoms with E-state index in [1.165, 1.54) is 12.2 Å². The Balaban J connectivity index is 0.000000324. The van der Waals surface area contributed by atoms with Gasteiger partial charge in [-0.25, -0.2) is 9.18 Å². The molecule has 39 heavy (non-hydrogen) atoms. The molecule has 8 atom stereocenters. The van der Waals surface area contributed by atoms with Gasteiger partial charge in [0, 0.05) is 20.3 Å². The van der Waals surface area contributed by atoms with E-state index >= 15 is 4.39 Å². The van der Waals surface area contributed by atoms with Gasteiger partial charge in [0.05, 0.1) is 11.7 Å². The number of halogens is 2. The van der Waals surface area contributed by atoms with Crippen LogP contribution in [0.4, 0.5) is 4.39 Å².